The van der Waals surface area contributed by atoms with E-state index < -0.39 is 0 Å². The van der Waals surface area contributed by atoms with Crippen LogP contribution in [0.1, 0.15) is 68.7 Å². The Labute approximate surface area is 187 Å². The van der Waals surface area contributed by atoms with E-state index in [4.69, 9.17) is 4.74 Å². The number of nitrogens with zero attached hydrogens (tertiary/aromatic N) is 1. The minimum atomic E-state index is -0.191. The second kappa shape index (κ2) is 9.44. The average Bonchev–Trinajstić information content (AvgIpc) is 2.81. The minimum absolute atomic E-state index is 0.0305. The Hall–Kier alpha value is -2.33. The van der Waals surface area contributed by atoms with E-state index in [0.29, 0.717) is 0 Å². The quantitative estimate of drug-likeness (QED) is 0.680. The van der Waals surface area contributed by atoms with Crippen molar-refractivity contribution in [2.24, 2.45) is 5.92 Å². The second-order valence-corrected chi connectivity index (χ2v) is 9.33. The highest BCUT2D eigenvalue weighted by Crippen LogP contribution is 2.42. The molecule has 2 aliphatic rings. The first-order valence-electron chi connectivity index (χ1n) is 11.9. The van der Waals surface area contributed by atoms with Gasteiger partial charge in [-0.2, -0.15) is 0 Å². The molecule has 0 bridgehead atoms. The third-order valence-corrected chi connectivity index (χ3v) is 7.29. The van der Waals surface area contributed by atoms with Gasteiger partial charge in [0.25, 0.3) is 0 Å². The van der Waals surface area contributed by atoms with Crippen LogP contribution in [-0.4, -0.2) is 29.5 Å². The Morgan fingerprint density at radius 3 is 2.42 bits per heavy atom. The van der Waals surface area contributed by atoms with Gasteiger partial charge in [0.15, 0.2) is 0 Å². The summed E-state index contributed by atoms with van der Waals surface area (Å²) in [6.07, 6.45) is 4.59. The molecule has 1 N–H and O–H groups in total. The van der Waals surface area contributed by atoms with E-state index in [1.165, 1.54) is 11.1 Å². The molecule has 2 aliphatic heterocycles. The average molecular weight is 421 g/mol. The topological polar surface area (TPSA) is 41.6 Å². The van der Waals surface area contributed by atoms with Crippen LogP contribution in [0.4, 0.5) is 0 Å². The molecule has 1 amide bonds. The maximum atomic E-state index is 13.2. The van der Waals surface area contributed by atoms with Crippen molar-refractivity contribution in [1.82, 2.24) is 10.2 Å². The molecule has 2 heterocycles. The van der Waals surface area contributed by atoms with Gasteiger partial charge in [0.2, 0.25) is 5.91 Å². The molecular formula is C27H36N2O2. The van der Waals surface area contributed by atoms with Gasteiger partial charge in [0.1, 0.15) is 11.4 Å². The first-order valence-corrected chi connectivity index (χ1v) is 11.9. The van der Waals surface area contributed by atoms with E-state index in [9.17, 15) is 4.79 Å². The van der Waals surface area contributed by atoms with Crippen molar-refractivity contribution in [2.45, 2.75) is 71.1 Å². The fraction of sp³-hybridized carbons (Fsp3) is 0.519. The maximum Gasteiger partial charge on any atom is 0.223 e. The van der Waals surface area contributed by atoms with Crippen molar-refractivity contribution in [3.05, 3.63) is 65.2 Å². The molecule has 0 spiro atoms. The van der Waals surface area contributed by atoms with E-state index in [1.54, 1.807) is 0 Å². The van der Waals surface area contributed by atoms with Crippen LogP contribution in [0.25, 0.3) is 0 Å². The first kappa shape index (κ1) is 21.9. The van der Waals surface area contributed by atoms with E-state index in [1.807, 2.05) is 18.2 Å². The molecule has 0 unspecified atom stereocenters. The molecule has 0 radical (unpaired) electrons. The van der Waals surface area contributed by atoms with E-state index in [2.05, 4.69) is 61.3 Å². The van der Waals surface area contributed by atoms with Crippen molar-refractivity contribution < 1.29 is 9.53 Å². The number of ether oxygens (including phenoxy) is 1. The molecule has 2 aromatic carbocycles. The highest BCUT2D eigenvalue weighted by molar-refractivity contribution is 5.79. The molecule has 1 fully saturated rings. The molecular weight excluding hydrogens is 384 g/mol. The normalized spacial score (nSPS) is 21.2. The predicted octanol–water partition coefficient (Wildman–Crippen LogP) is 5.41. The van der Waals surface area contributed by atoms with Crippen molar-refractivity contribution in [2.75, 3.05) is 13.1 Å². The SMILES string of the molecule is CCC1(CC)C[C@@H](NC(=O)C2CCN(Cc3ccc(C)cc3)CC2)c2ccccc2O1. The van der Waals surface area contributed by atoms with Gasteiger partial charge in [0.05, 0.1) is 6.04 Å². The van der Waals surface area contributed by atoms with Crippen molar-refractivity contribution >= 4 is 5.91 Å². The van der Waals surface area contributed by atoms with Crippen LogP contribution in [0.5, 0.6) is 5.75 Å². The first-order chi connectivity index (χ1) is 15.0. The van der Waals surface area contributed by atoms with Crippen molar-refractivity contribution in [3.63, 3.8) is 0 Å². The van der Waals surface area contributed by atoms with Gasteiger partial charge in [-0.05, 0) is 57.3 Å². The van der Waals surface area contributed by atoms with Crippen LogP contribution < -0.4 is 10.1 Å². The zero-order chi connectivity index (χ0) is 21.8. The third kappa shape index (κ3) is 4.95. The molecule has 4 nitrogen and oxygen atoms in total. The molecule has 1 saturated heterocycles. The summed E-state index contributed by atoms with van der Waals surface area (Å²) in [5.41, 5.74) is 3.57. The largest absolute Gasteiger partial charge is 0.487 e. The number of carbonyl (C=O) groups is 1. The summed E-state index contributed by atoms with van der Waals surface area (Å²) < 4.78 is 6.40. The van der Waals surface area contributed by atoms with Gasteiger partial charge in [-0.25, -0.2) is 0 Å². The van der Waals surface area contributed by atoms with Crippen LogP contribution in [0.15, 0.2) is 48.5 Å². The highest BCUT2D eigenvalue weighted by atomic mass is 16.5. The van der Waals surface area contributed by atoms with Crippen LogP contribution >= 0.6 is 0 Å². The number of likely N-dealkylation sites (tertiary alicyclic amines) is 1. The van der Waals surface area contributed by atoms with E-state index in [-0.39, 0.29) is 23.5 Å². The lowest BCUT2D eigenvalue weighted by Crippen LogP contribution is -2.47. The Morgan fingerprint density at radius 2 is 1.74 bits per heavy atom. The molecule has 0 saturated carbocycles. The summed E-state index contributed by atoms with van der Waals surface area (Å²) in [5, 5.41) is 3.40. The number of amides is 1. The van der Waals surface area contributed by atoms with E-state index >= 15 is 0 Å². The van der Waals surface area contributed by atoms with Gasteiger partial charge in [-0.1, -0.05) is 61.9 Å². The standard InChI is InChI=1S/C27H36N2O2/c1-4-27(5-2)18-24(23-8-6-7-9-25(23)31-27)28-26(30)22-14-16-29(17-15-22)19-21-12-10-20(3)11-13-21/h6-13,22,24H,4-5,14-19H2,1-3H3,(H,28,30)/t24-/m1/s1. The van der Waals surface area contributed by atoms with Gasteiger partial charge in [-0.3, -0.25) is 9.69 Å². The molecule has 0 aliphatic carbocycles. The number of carbonyl (C=O) groups excluding carboxylic acids is 1. The lowest BCUT2D eigenvalue weighted by atomic mass is 9.83. The Kier molecular flexibility index (Phi) is 6.66. The number of nitrogens with one attached hydrogen (secondary N) is 1. The fourth-order valence-corrected chi connectivity index (χ4v) is 5.02. The number of aryl methyl sites for hydroxylation is 1. The Bertz CT molecular complexity index is 880. The molecule has 166 valence electrons. The molecule has 0 aromatic heterocycles. The number of para-hydroxylation sites is 1. The lowest BCUT2D eigenvalue weighted by molar-refractivity contribution is -0.128. The van der Waals surface area contributed by atoms with Crippen LogP contribution in [0.2, 0.25) is 0 Å². The van der Waals surface area contributed by atoms with Crippen LogP contribution in [-0.2, 0) is 11.3 Å². The van der Waals surface area contributed by atoms with Crippen molar-refractivity contribution in [1.29, 1.82) is 0 Å². The van der Waals surface area contributed by atoms with Gasteiger partial charge in [-0.15, -0.1) is 0 Å². The second-order valence-electron chi connectivity index (χ2n) is 9.33. The number of piperidine rings is 1. The predicted molar refractivity (Wildman–Crippen MR) is 125 cm³/mol. The monoisotopic (exact) mass is 420 g/mol. The van der Waals surface area contributed by atoms with E-state index in [0.717, 1.165) is 63.1 Å². The molecule has 1 atom stereocenters. The summed E-state index contributed by atoms with van der Waals surface area (Å²) in [5.74, 6) is 1.23. The molecule has 4 heteroatoms. The zero-order valence-corrected chi connectivity index (χ0v) is 19.2. The summed E-state index contributed by atoms with van der Waals surface area (Å²) in [6.45, 7) is 9.40. The van der Waals surface area contributed by atoms with Gasteiger partial charge >= 0.3 is 0 Å². The smallest absolute Gasteiger partial charge is 0.223 e. The Balaban J connectivity index is 1.36. The summed E-state index contributed by atoms with van der Waals surface area (Å²) in [7, 11) is 0. The summed E-state index contributed by atoms with van der Waals surface area (Å²) in [4.78, 5) is 15.7. The maximum absolute atomic E-state index is 13.2. The summed E-state index contributed by atoms with van der Waals surface area (Å²) >= 11 is 0. The highest BCUT2D eigenvalue weighted by Gasteiger charge is 2.39. The fourth-order valence-electron chi connectivity index (χ4n) is 5.02. The molecule has 2 aromatic rings. The zero-order valence-electron chi connectivity index (χ0n) is 19.2. The number of rotatable bonds is 6. The minimum Gasteiger partial charge on any atom is -0.487 e. The van der Waals surface area contributed by atoms with Crippen LogP contribution in [0, 0.1) is 12.8 Å². The number of fused-ring (bicyclic) bond motifs is 1. The molecule has 31 heavy (non-hydrogen) atoms. The lowest BCUT2D eigenvalue weighted by Gasteiger charge is -2.42. The number of hydrogen-bond acceptors (Lipinski definition) is 3. The van der Waals surface area contributed by atoms with Gasteiger partial charge < -0.3 is 10.1 Å². The summed E-state index contributed by atoms with van der Waals surface area (Å²) in [6, 6.07) is 17.0. The number of benzene rings is 2. The van der Waals surface area contributed by atoms with Crippen LogP contribution in [0.3, 0.4) is 0 Å². The molecule has 4 rings (SSSR count). The Morgan fingerprint density at radius 1 is 1.06 bits per heavy atom. The van der Waals surface area contributed by atoms with Gasteiger partial charge in [0, 0.05) is 24.4 Å². The number of hydrogen-bond donors (Lipinski definition) is 1. The third-order valence-electron chi connectivity index (χ3n) is 7.29. The van der Waals surface area contributed by atoms with Crippen molar-refractivity contribution in [3.8, 4) is 5.75 Å².